The van der Waals surface area contributed by atoms with Crippen LogP contribution in [0.25, 0.3) is 0 Å². The summed E-state index contributed by atoms with van der Waals surface area (Å²) in [5.74, 6) is -0.349. The van der Waals surface area contributed by atoms with Gasteiger partial charge >= 0.3 is 5.97 Å². The number of carbonyl (C=O) groups is 1. The molecule has 104 valence electrons. The van der Waals surface area contributed by atoms with Crippen LogP contribution >= 0.6 is 11.6 Å². The Bertz CT molecular complexity index is 480. The normalized spacial score (nSPS) is 30.3. The molecule has 0 aliphatic carbocycles. The van der Waals surface area contributed by atoms with Gasteiger partial charge in [0.25, 0.3) is 0 Å². The molecule has 3 atom stereocenters. The zero-order valence-electron chi connectivity index (χ0n) is 11.0. The van der Waals surface area contributed by atoms with Gasteiger partial charge in [-0.15, -0.1) is 0 Å². The quantitative estimate of drug-likeness (QED) is 0.832. The van der Waals surface area contributed by atoms with E-state index >= 15 is 0 Å². The molecule has 1 aliphatic heterocycles. The highest BCUT2D eigenvalue weighted by molar-refractivity contribution is 6.30. The van der Waals surface area contributed by atoms with E-state index < -0.39 is 5.54 Å². The van der Waals surface area contributed by atoms with Gasteiger partial charge in [-0.3, -0.25) is 10.1 Å². The molecule has 1 aromatic rings. The van der Waals surface area contributed by atoms with Crippen molar-refractivity contribution in [3.05, 3.63) is 34.9 Å². The van der Waals surface area contributed by atoms with Crippen molar-refractivity contribution in [2.45, 2.75) is 24.9 Å². The highest BCUT2D eigenvalue weighted by atomic mass is 35.5. The molecule has 1 fully saturated rings. The van der Waals surface area contributed by atoms with Crippen molar-refractivity contribution in [2.24, 2.45) is 5.92 Å². The van der Waals surface area contributed by atoms with Crippen LogP contribution in [0.4, 0.5) is 0 Å². The summed E-state index contributed by atoms with van der Waals surface area (Å²) in [5, 5.41) is 13.4. The van der Waals surface area contributed by atoms with Crippen LogP contribution < -0.4 is 5.32 Å². The summed E-state index contributed by atoms with van der Waals surface area (Å²) < 4.78 is 4.83. The van der Waals surface area contributed by atoms with E-state index in [4.69, 9.17) is 16.3 Å². The van der Waals surface area contributed by atoms with Crippen molar-refractivity contribution in [3.63, 3.8) is 0 Å². The highest BCUT2D eigenvalue weighted by Crippen LogP contribution is 2.38. The van der Waals surface area contributed by atoms with E-state index in [-0.39, 0.29) is 24.5 Å². The van der Waals surface area contributed by atoms with Crippen LogP contribution in [0.1, 0.15) is 24.9 Å². The molecule has 0 saturated carbocycles. The number of esters is 1. The summed E-state index contributed by atoms with van der Waals surface area (Å²) in [6, 6.07) is 7.35. The fourth-order valence-corrected chi connectivity index (χ4v) is 2.95. The van der Waals surface area contributed by atoms with Crippen LogP contribution in [0.2, 0.25) is 5.02 Å². The summed E-state index contributed by atoms with van der Waals surface area (Å²) in [5.41, 5.74) is 0.203. The van der Waals surface area contributed by atoms with E-state index in [1.165, 1.54) is 7.11 Å². The fourth-order valence-electron chi connectivity index (χ4n) is 2.76. The minimum absolute atomic E-state index is 0.0107. The van der Waals surface area contributed by atoms with Crippen LogP contribution in [-0.2, 0) is 9.53 Å². The van der Waals surface area contributed by atoms with Crippen LogP contribution in [0.3, 0.4) is 0 Å². The zero-order chi connectivity index (χ0) is 14.0. The van der Waals surface area contributed by atoms with Crippen LogP contribution in [0.15, 0.2) is 24.3 Å². The molecule has 0 unspecified atom stereocenters. The Kier molecular flexibility index (Phi) is 4.13. The lowest BCUT2D eigenvalue weighted by atomic mass is 9.91. The highest BCUT2D eigenvalue weighted by Gasteiger charge is 2.47. The summed E-state index contributed by atoms with van der Waals surface area (Å²) in [7, 11) is 1.37. The largest absolute Gasteiger partial charge is 0.468 e. The van der Waals surface area contributed by atoms with E-state index in [2.05, 4.69) is 5.32 Å². The van der Waals surface area contributed by atoms with Gasteiger partial charge in [-0.1, -0.05) is 23.7 Å². The smallest absolute Gasteiger partial charge is 0.325 e. The molecule has 1 aromatic carbocycles. The standard InChI is InChI=1S/C14H18ClNO3/c1-14(13(18)19-2)7-10(8-17)12(16-14)9-4-3-5-11(15)6-9/h3-6,10,12,16-17H,7-8H2,1-2H3/t10-,12-,14-/m0/s1. The van der Waals surface area contributed by atoms with Gasteiger partial charge in [0, 0.05) is 23.6 Å². The SMILES string of the molecule is COC(=O)[C@]1(C)C[C@@H](CO)[C@H](c2cccc(Cl)c2)N1. The molecular weight excluding hydrogens is 266 g/mol. The molecule has 1 saturated heterocycles. The molecule has 0 bridgehead atoms. The lowest BCUT2D eigenvalue weighted by Gasteiger charge is -2.23. The fraction of sp³-hybridized carbons (Fsp3) is 0.500. The summed E-state index contributed by atoms with van der Waals surface area (Å²) in [6.07, 6.45) is 0.535. The van der Waals surface area contributed by atoms with Crippen LogP contribution in [0, 0.1) is 5.92 Å². The minimum Gasteiger partial charge on any atom is -0.468 e. The summed E-state index contributed by atoms with van der Waals surface area (Å²) >= 11 is 5.99. The van der Waals surface area contributed by atoms with Gasteiger partial charge in [-0.2, -0.15) is 0 Å². The monoisotopic (exact) mass is 283 g/mol. The zero-order valence-corrected chi connectivity index (χ0v) is 11.8. The first-order valence-corrected chi connectivity index (χ1v) is 6.60. The van der Waals surface area contributed by atoms with E-state index in [1.54, 1.807) is 13.0 Å². The first kappa shape index (κ1) is 14.3. The Hall–Kier alpha value is -1.10. The third kappa shape index (κ3) is 2.76. The maximum absolute atomic E-state index is 11.8. The predicted octanol–water partition coefficient (Wildman–Crippen LogP) is 1.91. The van der Waals surface area contributed by atoms with Crippen molar-refractivity contribution in [3.8, 4) is 0 Å². The minimum atomic E-state index is -0.769. The van der Waals surface area contributed by atoms with Crippen molar-refractivity contribution < 1.29 is 14.6 Å². The van der Waals surface area contributed by atoms with Crippen LogP contribution in [-0.4, -0.2) is 30.3 Å². The first-order valence-electron chi connectivity index (χ1n) is 6.22. The van der Waals surface area contributed by atoms with Gasteiger partial charge < -0.3 is 9.84 Å². The van der Waals surface area contributed by atoms with Gasteiger partial charge in [0.1, 0.15) is 5.54 Å². The number of methoxy groups -OCH3 is 1. The average Bonchev–Trinajstić information content (AvgIpc) is 2.76. The van der Waals surface area contributed by atoms with E-state index in [9.17, 15) is 9.90 Å². The van der Waals surface area contributed by atoms with Gasteiger partial charge in [0.15, 0.2) is 0 Å². The third-order valence-corrected chi connectivity index (χ3v) is 3.93. The summed E-state index contributed by atoms with van der Waals surface area (Å²) in [6.45, 7) is 1.81. The Morgan fingerprint density at radius 2 is 2.37 bits per heavy atom. The van der Waals surface area contributed by atoms with Crippen LogP contribution in [0.5, 0.6) is 0 Å². The van der Waals surface area contributed by atoms with Gasteiger partial charge in [-0.05, 0) is 31.0 Å². The topological polar surface area (TPSA) is 58.6 Å². The number of hydrogen-bond acceptors (Lipinski definition) is 4. The number of hydrogen-bond donors (Lipinski definition) is 2. The molecule has 2 N–H and O–H groups in total. The number of aliphatic hydroxyl groups is 1. The lowest BCUT2D eigenvalue weighted by Crippen LogP contribution is -2.45. The second kappa shape index (κ2) is 5.49. The molecule has 5 heteroatoms. The van der Waals surface area contributed by atoms with E-state index in [0.717, 1.165) is 5.56 Å². The molecule has 0 amide bonds. The Balaban J connectivity index is 2.28. The molecule has 4 nitrogen and oxygen atoms in total. The number of nitrogens with one attached hydrogen (secondary N) is 1. The molecule has 0 aromatic heterocycles. The second-order valence-corrected chi connectivity index (χ2v) is 5.58. The summed E-state index contributed by atoms with van der Waals surface area (Å²) in [4.78, 5) is 11.8. The van der Waals surface area contributed by atoms with Crippen molar-refractivity contribution >= 4 is 17.6 Å². The number of benzene rings is 1. The van der Waals surface area contributed by atoms with E-state index in [0.29, 0.717) is 11.4 Å². The van der Waals surface area contributed by atoms with Gasteiger partial charge in [0.2, 0.25) is 0 Å². The molecule has 0 spiro atoms. The molecule has 1 aliphatic rings. The van der Waals surface area contributed by atoms with Gasteiger partial charge in [0.05, 0.1) is 7.11 Å². The molecule has 19 heavy (non-hydrogen) atoms. The first-order chi connectivity index (χ1) is 9.00. The van der Waals surface area contributed by atoms with Crippen molar-refractivity contribution in [2.75, 3.05) is 13.7 Å². The lowest BCUT2D eigenvalue weighted by molar-refractivity contribution is -0.147. The number of rotatable bonds is 3. The Morgan fingerprint density at radius 3 is 2.95 bits per heavy atom. The van der Waals surface area contributed by atoms with Gasteiger partial charge in [-0.25, -0.2) is 0 Å². The van der Waals surface area contributed by atoms with Crippen molar-refractivity contribution in [1.82, 2.24) is 5.32 Å². The Morgan fingerprint density at radius 1 is 1.63 bits per heavy atom. The average molecular weight is 284 g/mol. The number of halogens is 1. The third-order valence-electron chi connectivity index (χ3n) is 3.69. The maximum atomic E-state index is 11.8. The molecule has 0 radical (unpaired) electrons. The van der Waals surface area contributed by atoms with Crippen molar-refractivity contribution in [1.29, 1.82) is 0 Å². The maximum Gasteiger partial charge on any atom is 0.325 e. The molecule has 2 rings (SSSR count). The predicted molar refractivity (Wildman–Crippen MR) is 72.9 cm³/mol. The number of carbonyl (C=O) groups excluding carboxylic acids is 1. The number of ether oxygens (including phenoxy) is 1. The van der Waals surface area contributed by atoms with E-state index in [1.807, 2.05) is 18.2 Å². The Labute approximate surface area is 117 Å². The number of aliphatic hydroxyl groups excluding tert-OH is 1. The second-order valence-electron chi connectivity index (χ2n) is 5.15. The molecular formula is C14H18ClNO3. The molecule has 1 heterocycles.